The van der Waals surface area contributed by atoms with Crippen molar-refractivity contribution in [2.24, 2.45) is 0 Å². The summed E-state index contributed by atoms with van der Waals surface area (Å²) in [4.78, 5) is 17.9. The Labute approximate surface area is 183 Å². The second-order valence-corrected chi connectivity index (χ2v) is 9.02. The molecule has 0 spiro atoms. The molecule has 1 aromatic carbocycles. The quantitative estimate of drug-likeness (QED) is 0.419. The minimum atomic E-state index is -0.301. The molecule has 0 aliphatic rings. The van der Waals surface area contributed by atoms with Crippen LogP contribution in [-0.2, 0) is 17.9 Å². The lowest BCUT2D eigenvalue weighted by Crippen LogP contribution is -2.30. The number of benzene rings is 1. The predicted octanol–water partition coefficient (Wildman–Crippen LogP) is 4.25. The van der Waals surface area contributed by atoms with Gasteiger partial charge in [0.15, 0.2) is 11.0 Å². The Kier molecular flexibility index (Phi) is 6.56. The first-order valence-corrected chi connectivity index (χ1v) is 11.3. The van der Waals surface area contributed by atoms with Gasteiger partial charge in [0.05, 0.1) is 18.3 Å². The van der Waals surface area contributed by atoms with Crippen LogP contribution < -0.4 is 5.32 Å². The van der Waals surface area contributed by atoms with E-state index in [1.165, 1.54) is 11.8 Å². The van der Waals surface area contributed by atoms with Gasteiger partial charge in [0.1, 0.15) is 0 Å². The molecule has 152 valence electrons. The summed E-state index contributed by atoms with van der Waals surface area (Å²) in [6.07, 6.45) is 3.51. The summed E-state index contributed by atoms with van der Waals surface area (Å²) >= 11 is 3.04. The largest absolute Gasteiger partial charge is 0.350 e. The zero-order chi connectivity index (χ0) is 20.8. The van der Waals surface area contributed by atoms with E-state index in [1.54, 1.807) is 23.7 Å². The summed E-state index contributed by atoms with van der Waals surface area (Å²) in [7, 11) is 0. The van der Waals surface area contributed by atoms with Crippen LogP contribution in [0.2, 0.25) is 0 Å². The second kappa shape index (κ2) is 9.69. The van der Waals surface area contributed by atoms with Crippen molar-refractivity contribution in [3.8, 4) is 11.4 Å². The van der Waals surface area contributed by atoms with Gasteiger partial charge in [0.25, 0.3) is 0 Å². The Hall–Kier alpha value is -2.97. The molecular weight excluding hydrogens is 414 g/mol. The summed E-state index contributed by atoms with van der Waals surface area (Å²) in [5.41, 5.74) is 2.03. The fraction of sp³-hybridized carbons (Fsp3) is 0.182. The van der Waals surface area contributed by atoms with Crippen LogP contribution >= 0.6 is 23.1 Å². The van der Waals surface area contributed by atoms with E-state index >= 15 is 0 Å². The van der Waals surface area contributed by atoms with Crippen molar-refractivity contribution in [2.75, 3.05) is 0 Å². The van der Waals surface area contributed by atoms with Crippen LogP contribution in [0.4, 0.5) is 0 Å². The first-order chi connectivity index (χ1) is 14.7. The van der Waals surface area contributed by atoms with Crippen LogP contribution in [0.5, 0.6) is 0 Å². The number of hydrogen-bond donors (Lipinski definition) is 1. The smallest absolute Gasteiger partial charge is 0.233 e. The van der Waals surface area contributed by atoms with E-state index in [1.807, 2.05) is 59.3 Å². The summed E-state index contributed by atoms with van der Waals surface area (Å²) in [6.45, 7) is 3.04. The number of carbonyl (C=O) groups excluding carboxylic acids is 1. The highest BCUT2D eigenvalue weighted by Gasteiger charge is 2.21. The van der Waals surface area contributed by atoms with Gasteiger partial charge in [0, 0.05) is 22.8 Å². The van der Waals surface area contributed by atoms with Crippen molar-refractivity contribution in [1.82, 2.24) is 25.1 Å². The van der Waals surface area contributed by atoms with Crippen LogP contribution in [0.3, 0.4) is 0 Å². The topological polar surface area (TPSA) is 72.7 Å². The maximum Gasteiger partial charge on any atom is 0.233 e. The van der Waals surface area contributed by atoms with Gasteiger partial charge in [-0.05, 0) is 36.1 Å². The molecule has 3 aromatic heterocycles. The van der Waals surface area contributed by atoms with Gasteiger partial charge >= 0.3 is 0 Å². The summed E-state index contributed by atoms with van der Waals surface area (Å²) in [5, 5.41) is 14.2. The molecule has 0 fully saturated rings. The molecule has 8 heteroatoms. The number of rotatable bonds is 8. The van der Waals surface area contributed by atoms with E-state index < -0.39 is 0 Å². The Morgan fingerprint density at radius 1 is 1.13 bits per heavy atom. The molecule has 4 rings (SSSR count). The van der Waals surface area contributed by atoms with Crippen molar-refractivity contribution >= 4 is 29.0 Å². The Morgan fingerprint density at radius 3 is 2.73 bits per heavy atom. The van der Waals surface area contributed by atoms with Crippen molar-refractivity contribution < 1.29 is 4.79 Å². The molecule has 0 bridgehead atoms. The van der Waals surface area contributed by atoms with Crippen molar-refractivity contribution in [1.29, 1.82) is 0 Å². The molecule has 6 nitrogen and oxygen atoms in total. The molecule has 30 heavy (non-hydrogen) atoms. The SMILES string of the molecule is CC(Sc1nnc(-c2cccnc2)n1Cc1ccccc1)C(=O)NCc1cccs1. The van der Waals surface area contributed by atoms with E-state index in [-0.39, 0.29) is 11.2 Å². The average Bonchev–Trinajstić information content (AvgIpc) is 3.44. The molecule has 0 radical (unpaired) electrons. The third-order valence-electron chi connectivity index (χ3n) is 4.49. The molecule has 3 heterocycles. The van der Waals surface area contributed by atoms with Gasteiger partial charge in [-0.1, -0.05) is 48.2 Å². The third-order valence-corrected chi connectivity index (χ3v) is 6.45. The van der Waals surface area contributed by atoms with Crippen molar-refractivity contribution in [3.63, 3.8) is 0 Å². The van der Waals surface area contributed by atoms with Crippen molar-refractivity contribution in [3.05, 3.63) is 82.8 Å². The molecule has 4 aromatic rings. The number of nitrogens with one attached hydrogen (secondary N) is 1. The van der Waals surface area contributed by atoms with Crippen LogP contribution in [0.15, 0.2) is 77.5 Å². The first kappa shape index (κ1) is 20.3. The Morgan fingerprint density at radius 2 is 2.00 bits per heavy atom. The van der Waals surface area contributed by atoms with Crippen LogP contribution in [0, 0.1) is 0 Å². The van der Waals surface area contributed by atoms with Gasteiger partial charge < -0.3 is 5.32 Å². The number of thiophene rings is 1. The summed E-state index contributed by atoms with van der Waals surface area (Å²) in [6, 6.07) is 18.0. The third kappa shape index (κ3) is 4.95. The number of pyridine rings is 1. The molecule has 0 saturated heterocycles. The molecule has 1 N–H and O–H groups in total. The molecule has 1 amide bonds. The standard InChI is InChI=1S/C22H21N5OS2/c1-16(21(28)24-14-19-10-6-12-29-19)30-22-26-25-20(18-9-5-11-23-13-18)27(22)15-17-7-3-2-4-8-17/h2-13,16H,14-15H2,1H3,(H,24,28). The molecule has 1 atom stereocenters. The number of amides is 1. The van der Waals surface area contributed by atoms with Gasteiger partial charge in [-0.2, -0.15) is 0 Å². The molecular formula is C22H21N5OS2. The first-order valence-electron chi connectivity index (χ1n) is 9.55. The van der Waals surface area contributed by atoms with Gasteiger partial charge in [0.2, 0.25) is 5.91 Å². The van der Waals surface area contributed by atoms with E-state index in [9.17, 15) is 4.79 Å². The fourth-order valence-corrected chi connectivity index (χ4v) is 4.45. The highest BCUT2D eigenvalue weighted by Crippen LogP contribution is 2.27. The molecule has 0 aliphatic heterocycles. The number of thioether (sulfide) groups is 1. The van der Waals surface area contributed by atoms with Crippen LogP contribution in [0.1, 0.15) is 17.4 Å². The monoisotopic (exact) mass is 435 g/mol. The lowest BCUT2D eigenvalue weighted by Gasteiger charge is -2.14. The number of nitrogens with zero attached hydrogens (tertiary/aromatic N) is 4. The lowest BCUT2D eigenvalue weighted by molar-refractivity contribution is -0.120. The average molecular weight is 436 g/mol. The summed E-state index contributed by atoms with van der Waals surface area (Å²) < 4.78 is 2.04. The van der Waals surface area contributed by atoms with E-state index in [2.05, 4.69) is 32.6 Å². The van der Waals surface area contributed by atoms with Gasteiger partial charge in [-0.25, -0.2) is 0 Å². The number of carbonyl (C=O) groups is 1. The lowest BCUT2D eigenvalue weighted by atomic mass is 10.2. The highest BCUT2D eigenvalue weighted by molar-refractivity contribution is 8.00. The fourth-order valence-electron chi connectivity index (χ4n) is 2.94. The molecule has 0 aliphatic carbocycles. The maximum atomic E-state index is 12.6. The minimum absolute atomic E-state index is 0.0226. The van der Waals surface area contributed by atoms with Gasteiger partial charge in [-0.3, -0.25) is 14.3 Å². The van der Waals surface area contributed by atoms with Gasteiger partial charge in [-0.15, -0.1) is 21.5 Å². The van der Waals surface area contributed by atoms with E-state index in [0.29, 0.717) is 18.2 Å². The zero-order valence-electron chi connectivity index (χ0n) is 16.4. The normalized spacial score (nSPS) is 11.9. The summed E-state index contributed by atoms with van der Waals surface area (Å²) in [5.74, 6) is 0.714. The second-order valence-electron chi connectivity index (χ2n) is 6.68. The highest BCUT2D eigenvalue weighted by atomic mass is 32.2. The number of aromatic nitrogens is 4. The van der Waals surface area contributed by atoms with E-state index in [4.69, 9.17) is 0 Å². The van der Waals surface area contributed by atoms with Crippen LogP contribution in [-0.4, -0.2) is 30.9 Å². The zero-order valence-corrected chi connectivity index (χ0v) is 18.1. The maximum absolute atomic E-state index is 12.6. The minimum Gasteiger partial charge on any atom is -0.350 e. The van der Waals surface area contributed by atoms with E-state index in [0.717, 1.165) is 21.8 Å². The molecule has 1 unspecified atom stereocenters. The number of hydrogen-bond acceptors (Lipinski definition) is 6. The van der Waals surface area contributed by atoms with Crippen molar-refractivity contribution in [2.45, 2.75) is 30.4 Å². The molecule has 0 saturated carbocycles. The Bertz CT molecular complexity index is 1080. The predicted molar refractivity (Wildman–Crippen MR) is 120 cm³/mol. The van der Waals surface area contributed by atoms with Crippen LogP contribution in [0.25, 0.3) is 11.4 Å². The Balaban J connectivity index is 1.54.